The molecule has 1 aliphatic heterocycles. The Balaban J connectivity index is 1.72. The fourth-order valence-electron chi connectivity index (χ4n) is 2.70. The number of ether oxygens (including phenoxy) is 1. The first-order valence-electron chi connectivity index (χ1n) is 7.71. The number of carbonyl (C=O) groups is 3. The van der Waals surface area contributed by atoms with Gasteiger partial charge >= 0.3 is 5.97 Å². The number of anilines is 1. The van der Waals surface area contributed by atoms with E-state index in [1.807, 2.05) is 31.2 Å². The van der Waals surface area contributed by atoms with Crippen molar-refractivity contribution >= 4 is 23.9 Å². The Morgan fingerprint density at radius 2 is 1.88 bits per heavy atom. The fraction of sp³-hybridized carbons (Fsp3) is 0.211. The van der Waals surface area contributed by atoms with Crippen molar-refractivity contribution in [2.24, 2.45) is 5.92 Å². The molecule has 1 fully saturated rings. The molecule has 2 aromatic carbocycles. The van der Waals surface area contributed by atoms with Gasteiger partial charge in [-0.2, -0.15) is 0 Å². The number of esters is 1. The molecule has 0 unspecified atom stereocenters. The summed E-state index contributed by atoms with van der Waals surface area (Å²) in [6.07, 6.45) is 0.747. The van der Waals surface area contributed by atoms with Gasteiger partial charge in [0.05, 0.1) is 11.5 Å². The van der Waals surface area contributed by atoms with E-state index in [1.54, 1.807) is 29.2 Å². The largest absolute Gasteiger partial charge is 0.425 e. The monoisotopic (exact) mass is 323 g/mol. The van der Waals surface area contributed by atoms with E-state index in [9.17, 15) is 14.4 Å². The summed E-state index contributed by atoms with van der Waals surface area (Å²) >= 11 is 0. The zero-order valence-electron chi connectivity index (χ0n) is 13.3. The van der Waals surface area contributed by atoms with E-state index in [4.69, 9.17) is 4.74 Å². The Morgan fingerprint density at radius 1 is 1.17 bits per heavy atom. The van der Waals surface area contributed by atoms with Crippen LogP contribution in [0.4, 0.5) is 5.69 Å². The summed E-state index contributed by atoms with van der Waals surface area (Å²) in [5, 5.41) is 0. The average Bonchev–Trinajstić information content (AvgIpc) is 2.98. The van der Waals surface area contributed by atoms with Crippen molar-refractivity contribution in [1.29, 1.82) is 0 Å². The van der Waals surface area contributed by atoms with E-state index < -0.39 is 11.9 Å². The smallest absolute Gasteiger partial charge is 0.316 e. The van der Waals surface area contributed by atoms with Crippen molar-refractivity contribution in [3.63, 3.8) is 0 Å². The second kappa shape index (κ2) is 6.66. The molecule has 0 spiro atoms. The lowest BCUT2D eigenvalue weighted by molar-refractivity contribution is -0.139. The Bertz CT molecular complexity index is 782. The Hall–Kier alpha value is -2.95. The molecular formula is C19H17NO4. The minimum Gasteiger partial charge on any atom is -0.425 e. The summed E-state index contributed by atoms with van der Waals surface area (Å²) in [4.78, 5) is 37.1. The first-order chi connectivity index (χ1) is 11.6. The van der Waals surface area contributed by atoms with E-state index >= 15 is 0 Å². The molecule has 1 aliphatic rings. The molecule has 24 heavy (non-hydrogen) atoms. The summed E-state index contributed by atoms with van der Waals surface area (Å²) in [6, 6.07) is 14.1. The first kappa shape index (κ1) is 15.9. The number of amides is 1. The van der Waals surface area contributed by atoms with Crippen LogP contribution in [0.1, 0.15) is 22.3 Å². The Morgan fingerprint density at radius 3 is 2.58 bits per heavy atom. The predicted octanol–water partition coefficient (Wildman–Crippen LogP) is 2.77. The normalized spacial score (nSPS) is 17.0. The standard InChI is InChI=1S/C19H17NO4/c1-13-6-8-16(9-7-13)20-11-15(10-18(20)22)19(23)24-17-5-3-2-4-14(17)12-21/h2-9,12,15H,10-11H2,1H3/t15-/m1/s1. The predicted molar refractivity (Wildman–Crippen MR) is 89.1 cm³/mol. The molecular weight excluding hydrogens is 306 g/mol. The molecule has 0 saturated carbocycles. The van der Waals surface area contributed by atoms with E-state index in [0.29, 0.717) is 11.8 Å². The summed E-state index contributed by atoms with van der Waals surface area (Å²) in [7, 11) is 0. The van der Waals surface area contributed by atoms with Crippen LogP contribution in [0, 0.1) is 12.8 Å². The number of hydrogen-bond donors (Lipinski definition) is 0. The maximum Gasteiger partial charge on any atom is 0.316 e. The van der Waals surface area contributed by atoms with Crippen LogP contribution in [0.5, 0.6) is 5.75 Å². The molecule has 1 heterocycles. The van der Waals surface area contributed by atoms with Gasteiger partial charge in [0.2, 0.25) is 5.91 Å². The summed E-state index contributed by atoms with van der Waals surface area (Å²) in [5.41, 5.74) is 2.19. The van der Waals surface area contributed by atoms with Crippen molar-refractivity contribution in [2.45, 2.75) is 13.3 Å². The van der Waals surface area contributed by atoms with Crippen LogP contribution < -0.4 is 9.64 Å². The van der Waals surface area contributed by atoms with Gasteiger partial charge in [-0.15, -0.1) is 0 Å². The van der Waals surface area contributed by atoms with Gasteiger partial charge in [0.15, 0.2) is 6.29 Å². The van der Waals surface area contributed by atoms with Crippen LogP contribution in [0.15, 0.2) is 48.5 Å². The van der Waals surface area contributed by atoms with Crippen molar-refractivity contribution < 1.29 is 19.1 Å². The van der Waals surface area contributed by atoms with Gasteiger partial charge in [0.25, 0.3) is 0 Å². The Labute approximate surface area is 139 Å². The number of carbonyl (C=O) groups excluding carboxylic acids is 3. The van der Waals surface area contributed by atoms with Gasteiger partial charge in [-0.05, 0) is 31.2 Å². The van der Waals surface area contributed by atoms with Crippen LogP contribution in [0.2, 0.25) is 0 Å². The lowest BCUT2D eigenvalue weighted by atomic mass is 10.1. The molecule has 0 aliphatic carbocycles. The second-order valence-corrected chi connectivity index (χ2v) is 5.82. The lowest BCUT2D eigenvalue weighted by Gasteiger charge is -2.16. The second-order valence-electron chi connectivity index (χ2n) is 5.82. The summed E-state index contributed by atoms with van der Waals surface area (Å²) in [6.45, 7) is 2.25. The average molecular weight is 323 g/mol. The number of para-hydroxylation sites is 1. The lowest BCUT2D eigenvalue weighted by Crippen LogP contribution is -2.27. The van der Waals surface area contributed by atoms with Crippen LogP contribution in [0.3, 0.4) is 0 Å². The van der Waals surface area contributed by atoms with Crippen molar-refractivity contribution in [3.8, 4) is 5.75 Å². The highest BCUT2D eigenvalue weighted by Crippen LogP contribution is 2.27. The number of nitrogens with zero attached hydrogens (tertiary/aromatic N) is 1. The van der Waals surface area contributed by atoms with Gasteiger partial charge in [0, 0.05) is 18.7 Å². The van der Waals surface area contributed by atoms with Crippen molar-refractivity contribution in [3.05, 3.63) is 59.7 Å². The zero-order valence-corrected chi connectivity index (χ0v) is 13.3. The number of benzene rings is 2. The minimum atomic E-state index is -0.543. The van der Waals surface area contributed by atoms with Crippen LogP contribution in [0.25, 0.3) is 0 Å². The molecule has 1 atom stereocenters. The molecule has 2 aromatic rings. The molecule has 1 amide bonds. The van der Waals surface area contributed by atoms with E-state index in [0.717, 1.165) is 11.3 Å². The van der Waals surface area contributed by atoms with E-state index in [2.05, 4.69) is 0 Å². The van der Waals surface area contributed by atoms with Gasteiger partial charge < -0.3 is 9.64 Å². The first-order valence-corrected chi connectivity index (χ1v) is 7.71. The number of rotatable bonds is 4. The molecule has 1 saturated heterocycles. The highest BCUT2D eigenvalue weighted by molar-refractivity contribution is 5.99. The molecule has 122 valence electrons. The highest BCUT2D eigenvalue weighted by Gasteiger charge is 2.36. The van der Waals surface area contributed by atoms with Crippen LogP contribution >= 0.6 is 0 Å². The number of aldehydes is 1. The SMILES string of the molecule is Cc1ccc(N2C[C@H](C(=O)Oc3ccccc3C=O)CC2=O)cc1. The maximum atomic E-state index is 12.3. The molecule has 5 heteroatoms. The summed E-state index contributed by atoms with van der Waals surface area (Å²) in [5.74, 6) is -0.922. The summed E-state index contributed by atoms with van der Waals surface area (Å²) < 4.78 is 5.32. The van der Waals surface area contributed by atoms with E-state index in [-0.39, 0.29) is 24.6 Å². The molecule has 3 rings (SSSR count). The minimum absolute atomic E-state index is 0.107. The van der Waals surface area contributed by atoms with E-state index in [1.165, 1.54) is 0 Å². The molecule has 0 bridgehead atoms. The molecule has 0 radical (unpaired) electrons. The highest BCUT2D eigenvalue weighted by atomic mass is 16.5. The molecule has 5 nitrogen and oxygen atoms in total. The zero-order chi connectivity index (χ0) is 17.1. The quantitative estimate of drug-likeness (QED) is 0.493. The molecule has 0 N–H and O–H groups in total. The van der Waals surface area contributed by atoms with Crippen LogP contribution in [-0.4, -0.2) is 24.7 Å². The topological polar surface area (TPSA) is 63.7 Å². The Kier molecular flexibility index (Phi) is 4.42. The third-order valence-electron chi connectivity index (χ3n) is 4.06. The van der Waals surface area contributed by atoms with Crippen molar-refractivity contribution in [1.82, 2.24) is 0 Å². The van der Waals surface area contributed by atoms with Crippen molar-refractivity contribution in [2.75, 3.05) is 11.4 Å². The third kappa shape index (κ3) is 3.20. The fourth-order valence-corrected chi connectivity index (χ4v) is 2.70. The van der Waals surface area contributed by atoms with Gasteiger partial charge in [-0.3, -0.25) is 14.4 Å². The van der Waals surface area contributed by atoms with Crippen LogP contribution in [-0.2, 0) is 9.59 Å². The molecule has 0 aromatic heterocycles. The number of aryl methyl sites for hydroxylation is 1. The number of hydrogen-bond acceptors (Lipinski definition) is 4. The third-order valence-corrected chi connectivity index (χ3v) is 4.06. The van der Waals surface area contributed by atoms with Gasteiger partial charge in [-0.25, -0.2) is 0 Å². The van der Waals surface area contributed by atoms with Gasteiger partial charge in [0.1, 0.15) is 5.75 Å². The maximum absolute atomic E-state index is 12.3. The van der Waals surface area contributed by atoms with Gasteiger partial charge in [-0.1, -0.05) is 29.8 Å².